The molecule has 1 aliphatic carbocycles. The summed E-state index contributed by atoms with van der Waals surface area (Å²) >= 11 is 0. The molecule has 0 aromatic heterocycles. The van der Waals surface area contributed by atoms with Gasteiger partial charge in [-0.2, -0.15) is 0 Å². The molecule has 0 atom stereocenters. The molecule has 0 aliphatic heterocycles. The maximum atomic E-state index is 11.6. The first-order valence-corrected chi connectivity index (χ1v) is 6.25. The third-order valence-electron chi connectivity index (χ3n) is 3.11. The van der Waals surface area contributed by atoms with E-state index in [0.29, 0.717) is 17.4 Å². The molecule has 4 nitrogen and oxygen atoms in total. The summed E-state index contributed by atoms with van der Waals surface area (Å²) in [4.78, 5) is 22.1. The van der Waals surface area contributed by atoms with Crippen molar-refractivity contribution >= 4 is 12.2 Å². The van der Waals surface area contributed by atoms with Gasteiger partial charge in [-0.15, -0.1) is 0 Å². The Morgan fingerprint density at radius 3 is 2.56 bits per heavy atom. The summed E-state index contributed by atoms with van der Waals surface area (Å²) in [6.07, 6.45) is 5.30. The standard InChI is InChI=1S/C14H17NO3/c16-9-11-5-7-13(8-6-11)18-10-14(17)15-12-3-1-2-4-12/h5-9,12H,1-4,10H2,(H,15,17). The fraction of sp³-hybridized carbons (Fsp3) is 0.429. The van der Waals surface area contributed by atoms with Gasteiger partial charge < -0.3 is 10.1 Å². The molecule has 4 heteroatoms. The molecule has 96 valence electrons. The number of hydrogen-bond donors (Lipinski definition) is 1. The van der Waals surface area contributed by atoms with E-state index in [4.69, 9.17) is 4.74 Å². The van der Waals surface area contributed by atoms with Crippen LogP contribution in [0.5, 0.6) is 5.75 Å². The van der Waals surface area contributed by atoms with Gasteiger partial charge in [-0.1, -0.05) is 12.8 Å². The van der Waals surface area contributed by atoms with Gasteiger partial charge in [0.25, 0.3) is 5.91 Å². The van der Waals surface area contributed by atoms with Crippen LogP contribution < -0.4 is 10.1 Å². The zero-order valence-electron chi connectivity index (χ0n) is 10.2. The fourth-order valence-corrected chi connectivity index (χ4v) is 2.13. The van der Waals surface area contributed by atoms with Crippen molar-refractivity contribution < 1.29 is 14.3 Å². The number of ether oxygens (including phenoxy) is 1. The third kappa shape index (κ3) is 3.58. The molecule has 0 heterocycles. The third-order valence-corrected chi connectivity index (χ3v) is 3.11. The summed E-state index contributed by atoms with van der Waals surface area (Å²) in [6.45, 7) is 0.0247. The highest BCUT2D eigenvalue weighted by Crippen LogP contribution is 2.17. The minimum Gasteiger partial charge on any atom is -0.484 e. The summed E-state index contributed by atoms with van der Waals surface area (Å²) in [5.74, 6) is 0.517. The second-order valence-corrected chi connectivity index (χ2v) is 4.52. The quantitative estimate of drug-likeness (QED) is 0.809. The number of rotatable bonds is 5. The van der Waals surface area contributed by atoms with Gasteiger partial charge >= 0.3 is 0 Å². The highest BCUT2D eigenvalue weighted by molar-refractivity contribution is 5.78. The molecule has 0 radical (unpaired) electrons. The molecule has 1 aromatic carbocycles. The Bertz CT molecular complexity index is 408. The lowest BCUT2D eigenvalue weighted by molar-refractivity contribution is -0.123. The minimum atomic E-state index is -0.0821. The van der Waals surface area contributed by atoms with Crippen LogP contribution in [0.4, 0.5) is 0 Å². The van der Waals surface area contributed by atoms with Crippen molar-refractivity contribution in [3.63, 3.8) is 0 Å². The van der Waals surface area contributed by atoms with E-state index in [1.807, 2.05) is 0 Å². The highest BCUT2D eigenvalue weighted by Gasteiger charge is 2.17. The van der Waals surface area contributed by atoms with Gasteiger partial charge in [0.2, 0.25) is 0 Å². The van der Waals surface area contributed by atoms with Crippen LogP contribution in [0.15, 0.2) is 24.3 Å². The molecule has 1 aromatic rings. The van der Waals surface area contributed by atoms with Crippen LogP contribution in [0.25, 0.3) is 0 Å². The van der Waals surface area contributed by atoms with Gasteiger partial charge in [0, 0.05) is 11.6 Å². The molecule has 2 rings (SSSR count). The van der Waals surface area contributed by atoms with E-state index in [9.17, 15) is 9.59 Å². The normalized spacial score (nSPS) is 15.3. The molecule has 1 saturated carbocycles. The van der Waals surface area contributed by atoms with E-state index in [2.05, 4.69) is 5.32 Å². The smallest absolute Gasteiger partial charge is 0.258 e. The number of aldehydes is 1. The molecular formula is C14H17NO3. The Morgan fingerprint density at radius 2 is 1.94 bits per heavy atom. The number of carbonyl (C=O) groups is 2. The van der Waals surface area contributed by atoms with Crippen molar-refractivity contribution in [2.45, 2.75) is 31.7 Å². The van der Waals surface area contributed by atoms with E-state index < -0.39 is 0 Å². The molecule has 0 spiro atoms. The summed E-state index contributed by atoms with van der Waals surface area (Å²) in [6, 6.07) is 7.02. The van der Waals surface area contributed by atoms with Gasteiger partial charge in [0.1, 0.15) is 12.0 Å². The summed E-state index contributed by atoms with van der Waals surface area (Å²) in [5.41, 5.74) is 0.595. The van der Waals surface area contributed by atoms with Crippen LogP contribution in [0, 0.1) is 0 Å². The average molecular weight is 247 g/mol. The van der Waals surface area contributed by atoms with Gasteiger partial charge in [0.15, 0.2) is 6.61 Å². The second kappa shape index (κ2) is 6.19. The maximum absolute atomic E-state index is 11.6. The number of amides is 1. The molecular weight excluding hydrogens is 230 g/mol. The van der Waals surface area contributed by atoms with E-state index in [0.717, 1.165) is 19.1 Å². The Hall–Kier alpha value is -1.84. The van der Waals surface area contributed by atoms with E-state index in [1.54, 1.807) is 24.3 Å². The first-order chi connectivity index (χ1) is 8.78. The molecule has 18 heavy (non-hydrogen) atoms. The predicted molar refractivity (Wildman–Crippen MR) is 67.7 cm³/mol. The summed E-state index contributed by atoms with van der Waals surface area (Å²) < 4.78 is 5.35. The van der Waals surface area contributed by atoms with Crippen molar-refractivity contribution in [2.75, 3.05) is 6.61 Å². The predicted octanol–water partition coefficient (Wildman–Crippen LogP) is 1.94. The van der Waals surface area contributed by atoms with Crippen LogP contribution in [-0.2, 0) is 4.79 Å². The largest absolute Gasteiger partial charge is 0.484 e. The molecule has 1 amide bonds. The van der Waals surface area contributed by atoms with Gasteiger partial charge in [-0.25, -0.2) is 0 Å². The van der Waals surface area contributed by atoms with Gasteiger partial charge in [-0.05, 0) is 37.1 Å². The van der Waals surface area contributed by atoms with E-state index in [1.165, 1.54) is 12.8 Å². The minimum absolute atomic E-state index is 0.0247. The zero-order valence-corrected chi connectivity index (χ0v) is 10.2. The monoisotopic (exact) mass is 247 g/mol. The van der Waals surface area contributed by atoms with Crippen LogP contribution in [0.2, 0.25) is 0 Å². The Morgan fingerprint density at radius 1 is 1.28 bits per heavy atom. The Balaban J connectivity index is 1.75. The van der Waals surface area contributed by atoms with E-state index in [-0.39, 0.29) is 12.5 Å². The summed E-state index contributed by atoms with van der Waals surface area (Å²) in [5, 5.41) is 2.95. The van der Waals surface area contributed by atoms with Crippen LogP contribution in [0.1, 0.15) is 36.0 Å². The summed E-state index contributed by atoms with van der Waals surface area (Å²) in [7, 11) is 0. The van der Waals surface area contributed by atoms with Crippen molar-refractivity contribution in [3.05, 3.63) is 29.8 Å². The maximum Gasteiger partial charge on any atom is 0.258 e. The Kier molecular flexibility index (Phi) is 4.34. The zero-order chi connectivity index (χ0) is 12.8. The van der Waals surface area contributed by atoms with Crippen molar-refractivity contribution in [1.29, 1.82) is 0 Å². The lowest BCUT2D eigenvalue weighted by Crippen LogP contribution is -2.36. The fourth-order valence-electron chi connectivity index (χ4n) is 2.13. The van der Waals surface area contributed by atoms with E-state index >= 15 is 0 Å². The number of hydrogen-bond acceptors (Lipinski definition) is 3. The highest BCUT2D eigenvalue weighted by atomic mass is 16.5. The Labute approximate surface area is 106 Å². The van der Waals surface area contributed by atoms with Crippen LogP contribution in [0.3, 0.4) is 0 Å². The van der Waals surface area contributed by atoms with Gasteiger partial charge in [0.05, 0.1) is 0 Å². The molecule has 1 N–H and O–H groups in total. The molecule has 0 unspecified atom stereocenters. The average Bonchev–Trinajstić information content (AvgIpc) is 2.90. The first kappa shape index (κ1) is 12.6. The molecule has 0 bridgehead atoms. The lowest BCUT2D eigenvalue weighted by atomic mass is 10.2. The second-order valence-electron chi connectivity index (χ2n) is 4.52. The molecule has 0 saturated heterocycles. The number of benzene rings is 1. The molecule has 1 fully saturated rings. The van der Waals surface area contributed by atoms with Crippen molar-refractivity contribution in [2.24, 2.45) is 0 Å². The number of nitrogens with one attached hydrogen (secondary N) is 1. The number of carbonyl (C=O) groups excluding carboxylic acids is 2. The SMILES string of the molecule is O=Cc1ccc(OCC(=O)NC2CCCC2)cc1. The van der Waals surface area contributed by atoms with Gasteiger partial charge in [-0.3, -0.25) is 9.59 Å². The van der Waals surface area contributed by atoms with Crippen LogP contribution >= 0.6 is 0 Å². The van der Waals surface area contributed by atoms with Crippen LogP contribution in [-0.4, -0.2) is 24.8 Å². The topological polar surface area (TPSA) is 55.4 Å². The van der Waals surface area contributed by atoms with Crippen molar-refractivity contribution in [1.82, 2.24) is 5.32 Å². The van der Waals surface area contributed by atoms with Crippen molar-refractivity contribution in [3.8, 4) is 5.75 Å². The first-order valence-electron chi connectivity index (χ1n) is 6.25. The molecule has 1 aliphatic rings. The lowest BCUT2D eigenvalue weighted by Gasteiger charge is -2.12.